The van der Waals surface area contributed by atoms with Gasteiger partial charge in [-0.1, -0.05) is 49.4 Å². The number of hydrogen-bond acceptors (Lipinski definition) is 7. The van der Waals surface area contributed by atoms with E-state index in [9.17, 15) is 15.0 Å². The smallest absolute Gasteiger partial charge is 0.328 e. The highest BCUT2D eigenvalue weighted by atomic mass is 16.4. The molecule has 0 amide bonds. The molecule has 9 heteroatoms. The highest BCUT2D eigenvalue weighted by Gasteiger charge is 2.27. The molecule has 1 aliphatic heterocycles. The van der Waals surface area contributed by atoms with E-state index in [4.69, 9.17) is 0 Å². The summed E-state index contributed by atoms with van der Waals surface area (Å²) >= 11 is 0. The molecule has 2 atom stereocenters. The largest absolute Gasteiger partial charge is 0.508 e. The number of phenols is 1. The first kappa shape index (κ1) is 23.6. The Bertz CT molecular complexity index is 1120. The average Bonchev–Trinajstić information content (AvgIpc) is 3.31. The number of rotatable bonds is 9. The van der Waals surface area contributed by atoms with Crippen molar-refractivity contribution >= 4 is 5.97 Å². The van der Waals surface area contributed by atoms with Gasteiger partial charge >= 0.3 is 5.97 Å². The summed E-state index contributed by atoms with van der Waals surface area (Å²) in [5, 5.41) is 31.4. The minimum Gasteiger partial charge on any atom is -0.508 e. The second kappa shape index (κ2) is 10.6. The minimum atomic E-state index is -0.966. The molecule has 0 aliphatic carbocycles. The molecule has 2 aromatic carbocycles. The average molecular weight is 463 g/mol. The summed E-state index contributed by atoms with van der Waals surface area (Å²) in [6, 6.07) is 14.5. The third-order valence-corrected chi connectivity index (χ3v) is 6.29. The zero-order valence-corrected chi connectivity index (χ0v) is 19.3. The lowest BCUT2D eigenvalue weighted by atomic mass is 9.95. The topological polar surface area (TPSA) is 108 Å². The lowest BCUT2D eigenvalue weighted by Gasteiger charge is -2.39. The van der Waals surface area contributed by atoms with E-state index in [0.29, 0.717) is 12.2 Å². The monoisotopic (exact) mass is 462 g/mol. The van der Waals surface area contributed by atoms with Crippen molar-refractivity contribution in [1.29, 1.82) is 0 Å². The van der Waals surface area contributed by atoms with Gasteiger partial charge in [0.1, 0.15) is 5.75 Å². The molecule has 0 saturated carbocycles. The normalized spacial score (nSPS) is 16.7. The van der Waals surface area contributed by atoms with Gasteiger partial charge in [-0.05, 0) is 40.1 Å². The Morgan fingerprint density at radius 3 is 2.47 bits per heavy atom. The first-order valence-electron chi connectivity index (χ1n) is 11.5. The van der Waals surface area contributed by atoms with E-state index in [2.05, 4.69) is 31.9 Å². The number of aliphatic carboxylic acids is 1. The van der Waals surface area contributed by atoms with Gasteiger partial charge in [0.2, 0.25) is 0 Å². The van der Waals surface area contributed by atoms with Crippen molar-refractivity contribution in [2.45, 2.75) is 25.4 Å². The summed E-state index contributed by atoms with van der Waals surface area (Å²) in [6.45, 7) is 10.2. The van der Waals surface area contributed by atoms with E-state index in [-0.39, 0.29) is 11.8 Å². The summed E-state index contributed by atoms with van der Waals surface area (Å²) in [4.78, 5) is 16.4. The Hall–Kier alpha value is -3.56. The summed E-state index contributed by atoms with van der Waals surface area (Å²) in [5.41, 5.74) is 2.85. The molecule has 178 valence electrons. The lowest BCUT2D eigenvalue weighted by molar-refractivity contribution is -0.141. The van der Waals surface area contributed by atoms with E-state index in [0.717, 1.165) is 49.4 Å². The van der Waals surface area contributed by atoms with Gasteiger partial charge in [-0.15, -0.1) is 11.7 Å². The van der Waals surface area contributed by atoms with Crippen LogP contribution in [0.4, 0.5) is 0 Å². The molecular formula is C25H30N6O3. The summed E-state index contributed by atoms with van der Waals surface area (Å²) in [5.74, 6) is -0.303. The number of carbonyl (C=O) groups is 1. The number of carboxylic acid groups (broad SMARTS) is 1. The van der Waals surface area contributed by atoms with E-state index < -0.39 is 12.0 Å². The Balaban J connectivity index is 1.64. The zero-order chi connectivity index (χ0) is 24.1. The third-order valence-electron chi connectivity index (χ3n) is 6.29. The van der Waals surface area contributed by atoms with E-state index in [1.165, 1.54) is 4.68 Å². The fourth-order valence-electron chi connectivity index (χ4n) is 4.56. The maximum atomic E-state index is 11.6. The maximum absolute atomic E-state index is 11.6. The molecule has 1 aromatic heterocycles. The first-order chi connectivity index (χ1) is 16.5. The van der Waals surface area contributed by atoms with Gasteiger partial charge in [-0.25, -0.2) is 9.48 Å². The zero-order valence-electron chi connectivity index (χ0n) is 19.3. The molecule has 1 saturated heterocycles. The van der Waals surface area contributed by atoms with Crippen molar-refractivity contribution in [1.82, 2.24) is 30.0 Å². The van der Waals surface area contributed by atoms with Crippen molar-refractivity contribution in [3.8, 4) is 17.1 Å². The van der Waals surface area contributed by atoms with Gasteiger partial charge in [0.15, 0.2) is 11.9 Å². The SMILES string of the molecule is C=CCN1CCN([C@@H](c2ccc(-c3nnnn3C(CC)C(=O)O)cc2)c2cccc(O)c2)CC1. The van der Waals surface area contributed by atoms with Crippen LogP contribution in [0.1, 0.15) is 36.6 Å². The molecule has 0 spiro atoms. The number of nitrogens with zero attached hydrogens (tertiary/aromatic N) is 6. The van der Waals surface area contributed by atoms with Crippen LogP contribution in [-0.4, -0.2) is 78.9 Å². The van der Waals surface area contributed by atoms with Crippen LogP contribution in [-0.2, 0) is 4.79 Å². The number of phenolic OH excluding ortho intramolecular Hbond substituents is 1. The first-order valence-corrected chi connectivity index (χ1v) is 11.5. The molecule has 1 aliphatic rings. The number of benzene rings is 2. The number of piperazine rings is 1. The Morgan fingerprint density at radius 2 is 1.85 bits per heavy atom. The van der Waals surface area contributed by atoms with E-state index in [1.807, 2.05) is 48.5 Å². The Labute approximate surface area is 198 Å². The van der Waals surface area contributed by atoms with Crippen LogP contribution >= 0.6 is 0 Å². The predicted octanol–water partition coefficient (Wildman–Crippen LogP) is 2.97. The van der Waals surface area contributed by atoms with Gasteiger partial charge < -0.3 is 10.2 Å². The van der Waals surface area contributed by atoms with Crippen molar-refractivity contribution in [3.05, 3.63) is 72.3 Å². The standard InChI is InChI=1S/C25H30N6O3/c1-3-12-29-13-15-30(16-14-29)23(20-6-5-7-21(32)17-20)18-8-10-19(11-9-18)24-26-27-28-31(24)22(4-2)25(33)34/h3,5-11,17,22-23,32H,1,4,12-16H2,2H3,(H,33,34)/t22?,23-/m0/s1. The lowest BCUT2D eigenvalue weighted by Crippen LogP contribution is -2.47. The molecule has 2 heterocycles. The van der Waals surface area contributed by atoms with Gasteiger partial charge in [-0.3, -0.25) is 9.80 Å². The number of hydrogen-bond donors (Lipinski definition) is 2. The Morgan fingerprint density at radius 1 is 1.12 bits per heavy atom. The number of aromatic nitrogens is 4. The minimum absolute atomic E-state index is 0.0227. The van der Waals surface area contributed by atoms with E-state index >= 15 is 0 Å². The molecule has 3 aromatic rings. The molecule has 4 rings (SSSR count). The number of carboxylic acids is 1. The second-order valence-corrected chi connectivity index (χ2v) is 8.45. The fourth-order valence-corrected chi connectivity index (χ4v) is 4.56. The van der Waals surface area contributed by atoms with Crippen LogP contribution in [0, 0.1) is 0 Å². The van der Waals surface area contributed by atoms with Crippen LogP contribution < -0.4 is 0 Å². The van der Waals surface area contributed by atoms with Gasteiger partial charge in [0.05, 0.1) is 6.04 Å². The van der Waals surface area contributed by atoms with Gasteiger partial charge in [0, 0.05) is 38.3 Å². The van der Waals surface area contributed by atoms with Gasteiger partial charge in [-0.2, -0.15) is 0 Å². The third kappa shape index (κ3) is 5.00. The maximum Gasteiger partial charge on any atom is 0.328 e. The molecule has 1 fully saturated rings. The van der Waals surface area contributed by atoms with Crippen LogP contribution in [0.3, 0.4) is 0 Å². The van der Waals surface area contributed by atoms with Crippen molar-refractivity contribution in [2.24, 2.45) is 0 Å². The van der Waals surface area contributed by atoms with Crippen LogP contribution in [0.25, 0.3) is 11.4 Å². The van der Waals surface area contributed by atoms with Crippen molar-refractivity contribution < 1.29 is 15.0 Å². The quantitative estimate of drug-likeness (QED) is 0.468. The van der Waals surface area contributed by atoms with Crippen LogP contribution in [0.15, 0.2) is 61.2 Å². The summed E-state index contributed by atoms with van der Waals surface area (Å²) in [7, 11) is 0. The van der Waals surface area contributed by atoms with Crippen LogP contribution in [0.5, 0.6) is 5.75 Å². The molecule has 0 bridgehead atoms. The van der Waals surface area contributed by atoms with Crippen LogP contribution in [0.2, 0.25) is 0 Å². The number of aromatic hydroxyl groups is 1. The van der Waals surface area contributed by atoms with Gasteiger partial charge in [0.25, 0.3) is 0 Å². The van der Waals surface area contributed by atoms with Crippen molar-refractivity contribution in [2.75, 3.05) is 32.7 Å². The molecule has 9 nitrogen and oxygen atoms in total. The summed E-state index contributed by atoms with van der Waals surface area (Å²) < 4.78 is 1.36. The molecular weight excluding hydrogens is 432 g/mol. The second-order valence-electron chi connectivity index (χ2n) is 8.45. The molecule has 34 heavy (non-hydrogen) atoms. The highest BCUT2D eigenvalue weighted by molar-refractivity contribution is 5.72. The molecule has 1 unspecified atom stereocenters. The summed E-state index contributed by atoms with van der Waals surface area (Å²) in [6.07, 6.45) is 2.31. The van der Waals surface area contributed by atoms with Crippen molar-refractivity contribution in [3.63, 3.8) is 0 Å². The molecule has 0 radical (unpaired) electrons. The number of tetrazole rings is 1. The fraction of sp³-hybridized carbons (Fsp3) is 0.360. The van der Waals surface area contributed by atoms with E-state index in [1.54, 1.807) is 13.0 Å². The Kier molecular flexibility index (Phi) is 7.34. The predicted molar refractivity (Wildman–Crippen MR) is 128 cm³/mol. The highest BCUT2D eigenvalue weighted by Crippen LogP contribution is 2.33. The molecule has 2 N–H and O–H groups in total.